The molecule has 24 heavy (non-hydrogen) atoms. The van der Waals surface area contributed by atoms with Crippen molar-refractivity contribution in [2.24, 2.45) is 0 Å². The van der Waals surface area contributed by atoms with Gasteiger partial charge in [-0.15, -0.1) is 0 Å². The Balaban J connectivity index is 2.20. The van der Waals surface area contributed by atoms with E-state index in [1.807, 2.05) is 0 Å². The highest BCUT2D eigenvalue weighted by Crippen LogP contribution is 2.48. The van der Waals surface area contributed by atoms with Gasteiger partial charge in [0.15, 0.2) is 0 Å². The number of nitrogens with one attached hydrogen (secondary N) is 1. The zero-order chi connectivity index (χ0) is 18.1. The Bertz CT molecular complexity index is 593. The summed E-state index contributed by atoms with van der Waals surface area (Å²) in [6, 6.07) is 2.38. The number of rotatable bonds is 6. The second-order valence-electron chi connectivity index (χ2n) is 7.14. The predicted octanol–water partition coefficient (Wildman–Crippen LogP) is 4.55. The molecule has 1 aromatic heterocycles. The van der Waals surface area contributed by atoms with E-state index in [2.05, 4.69) is 29.9 Å². The Morgan fingerprint density at radius 2 is 2.08 bits per heavy atom. The third-order valence-corrected chi connectivity index (χ3v) is 5.86. The Morgan fingerprint density at radius 3 is 2.62 bits per heavy atom. The predicted molar refractivity (Wildman–Crippen MR) is 93.9 cm³/mol. The van der Waals surface area contributed by atoms with Gasteiger partial charge in [0.1, 0.15) is 23.6 Å². The van der Waals surface area contributed by atoms with Crippen LogP contribution < -0.4 is 10.2 Å². The maximum atomic E-state index is 13.4. The molecule has 1 aliphatic rings. The summed E-state index contributed by atoms with van der Waals surface area (Å²) in [7, 11) is 0.333. The van der Waals surface area contributed by atoms with Crippen LogP contribution in [0.5, 0.6) is 0 Å². The van der Waals surface area contributed by atoms with E-state index in [-0.39, 0.29) is 29.8 Å². The summed E-state index contributed by atoms with van der Waals surface area (Å²) in [5.41, 5.74) is 0.500. The molecule has 136 valence electrons. The van der Waals surface area contributed by atoms with Gasteiger partial charge in [-0.25, -0.2) is 4.98 Å². The summed E-state index contributed by atoms with van der Waals surface area (Å²) in [6.07, 6.45) is -4.34. The van der Waals surface area contributed by atoms with Crippen molar-refractivity contribution in [1.82, 2.24) is 4.98 Å². The standard InChI is InChI=1S/C15H23ClF3N3OSi/c1-20-11-7-12(16)21-14-13(11)10(15(17,18)19)8-22(14)9-23-5-6-24(2,3)4/h7,10H,5-6,8-9H2,1-4H3,(H,20,21). The van der Waals surface area contributed by atoms with Gasteiger partial charge in [-0.3, -0.25) is 0 Å². The van der Waals surface area contributed by atoms with E-state index in [0.29, 0.717) is 12.3 Å². The monoisotopic (exact) mass is 381 g/mol. The lowest BCUT2D eigenvalue weighted by Gasteiger charge is -2.21. The SMILES string of the molecule is CNc1cc(Cl)nc2c1C(C(F)(F)F)CN2COCC[Si](C)(C)C. The summed E-state index contributed by atoms with van der Waals surface area (Å²) in [6.45, 7) is 7.09. The van der Waals surface area contributed by atoms with Crippen LogP contribution in [0.15, 0.2) is 6.07 Å². The molecule has 9 heteroatoms. The number of hydrogen-bond donors (Lipinski definition) is 1. The van der Waals surface area contributed by atoms with Gasteiger partial charge in [0.05, 0.1) is 0 Å². The lowest BCUT2D eigenvalue weighted by Crippen LogP contribution is -2.31. The van der Waals surface area contributed by atoms with E-state index < -0.39 is 20.2 Å². The number of halogens is 4. The van der Waals surface area contributed by atoms with Gasteiger partial charge in [0.25, 0.3) is 0 Å². The molecule has 1 aliphatic heterocycles. The van der Waals surface area contributed by atoms with Gasteiger partial charge in [-0.2, -0.15) is 13.2 Å². The molecule has 0 bridgehead atoms. The normalized spacial score (nSPS) is 18.0. The van der Waals surface area contributed by atoms with E-state index in [1.165, 1.54) is 11.0 Å². The zero-order valence-corrected chi connectivity index (χ0v) is 16.1. The molecule has 0 aliphatic carbocycles. The maximum absolute atomic E-state index is 13.4. The Hall–Kier alpha value is -0.993. The Morgan fingerprint density at radius 1 is 1.42 bits per heavy atom. The maximum Gasteiger partial charge on any atom is 0.397 e. The molecular weight excluding hydrogens is 359 g/mol. The van der Waals surface area contributed by atoms with E-state index >= 15 is 0 Å². The summed E-state index contributed by atoms with van der Waals surface area (Å²) in [4.78, 5) is 5.63. The number of anilines is 2. The third-order valence-electron chi connectivity index (χ3n) is 3.97. The molecule has 0 saturated heterocycles. The van der Waals surface area contributed by atoms with Crippen molar-refractivity contribution < 1.29 is 17.9 Å². The molecule has 2 heterocycles. The van der Waals surface area contributed by atoms with Gasteiger partial charge in [-0.05, 0) is 12.1 Å². The van der Waals surface area contributed by atoms with Crippen LogP contribution in [-0.2, 0) is 4.74 Å². The molecule has 4 nitrogen and oxygen atoms in total. The van der Waals surface area contributed by atoms with Gasteiger partial charge >= 0.3 is 6.18 Å². The highest BCUT2D eigenvalue weighted by atomic mass is 35.5. The van der Waals surface area contributed by atoms with Crippen LogP contribution >= 0.6 is 11.6 Å². The Labute approximate surface area is 146 Å². The molecule has 2 rings (SSSR count). The van der Waals surface area contributed by atoms with Crippen molar-refractivity contribution in [3.8, 4) is 0 Å². The summed E-state index contributed by atoms with van der Waals surface area (Å²) >= 11 is 5.96. The molecule has 1 unspecified atom stereocenters. The lowest BCUT2D eigenvalue weighted by atomic mass is 10.0. The van der Waals surface area contributed by atoms with Crippen LogP contribution in [0.3, 0.4) is 0 Å². The molecule has 0 fully saturated rings. The third kappa shape index (κ3) is 4.55. The highest BCUT2D eigenvalue weighted by molar-refractivity contribution is 6.76. The van der Waals surface area contributed by atoms with Gasteiger partial charge in [0.2, 0.25) is 0 Å². The van der Waals surface area contributed by atoms with Crippen molar-refractivity contribution in [3.05, 3.63) is 16.8 Å². The van der Waals surface area contributed by atoms with Crippen molar-refractivity contribution in [2.75, 3.05) is 37.1 Å². The van der Waals surface area contributed by atoms with E-state index in [9.17, 15) is 13.2 Å². The molecule has 0 amide bonds. The molecule has 0 spiro atoms. The lowest BCUT2D eigenvalue weighted by molar-refractivity contribution is -0.146. The van der Waals surface area contributed by atoms with Crippen molar-refractivity contribution in [3.63, 3.8) is 0 Å². The van der Waals surface area contributed by atoms with Crippen molar-refractivity contribution >= 4 is 31.2 Å². The number of aromatic nitrogens is 1. The smallest absolute Gasteiger partial charge is 0.388 e. The average Bonchev–Trinajstić information content (AvgIpc) is 2.80. The molecule has 0 saturated carbocycles. The number of alkyl halides is 3. The highest BCUT2D eigenvalue weighted by Gasteiger charge is 2.49. The summed E-state index contributed by atoms with van der Waals surface area (Å²) < 4.78 is 45.9. The number of nitrogens with zero attached hydrogens (tertiary/aromatic N) is 2. The average molecular weight is 382 g/mol. The molecule has 1 N–H and O–H groups in total. The first-order valence-corrected chi connectivity index (χ1v) is 11.9. The van der Waals surface area contributed by atoms with Crippen molar-refractivity contribution in [1.29, 1.82) is 0 Å². The molecule has 0 aromatic carbocycles. The van der Waals surface area contributed by atoms with E-state index in [1.54, 1.807) is 7.05 Å². The van der Waals surface area contributed by atoms with Crippen LogP contribution in [0, 0.1) is 0 Å². The number of hydrogen-bond acceptors (Lipinski definition) is 4. The molecule has 1 aromatic rings. The Kier molecular flexibility index (Phi) is 5.71. The second kappa shape index (κ2) is 7.09. The van der Waals surface area contributed by atoms with Crippen LogP contribution in [-0.4, -0.2) is 46.2 Å². The van der Waals surface area contributed by atoms with Crippen molar-refractivity contribution in [2.45, 2.75) is 37.8 Å². The van der Waals surface area contributed by atoms with Crippen LogP contribution in [0.2, 0.25) is 30.8 Å². The van der Waals surface area contributed by atoms with E-state index in [4.69, 9.17) is 16.3 Å². The molecular formula is C15H23ClF3N3OSi. The number of pyridine rings is 1. The molecule has 1 atom stereocenters. The zero-order valence-electron chi connectivity index (χ0n) is 14.3. The number of fused-ring (bicyclic) bond motifs is 1. The van der Waals surface area contributed by atoms with Gasteiger partial charge in [-0.1, -0.05) is 31.2 Å². The van der Waals surface area contributed by atoms with Crippen LogP contribution in [0.25, 0.3) is 0 Å². The second-order valence-corrected chi connectivity index (χ2v) is 13.2. The molecule has 0 radical (unpaired) electrons. The number of ether oxygens (including phenoxy) is 1. The quantitative estimate of drug-likeness (QED) is 0.445. The first-order chi connectivity index (χ1) is 11.0. The fourth-order valence-corrected chi connectivity index (χ4v) is 3.58. The van der Waals surface area contributed by atoms with Gasteiger partial charge < -0.3 is 15.0 Å². The fraction of sp³-hybridized carbons (Fsp3) is 0.667. The fourth-order valence-electron chi connectivity index (χ4n) is 2.63. The minimum atomic E-state index is -4.34. The summed E-state index contributed by atoms with van der Waals surface area (Å²) in [5, 5.41) is 2.95. The largest absolute Gasteiger partial charge is 0.397 e. The van der Waals surface area contributed by atoms with Crippen LogP contribution in [0.4, 0.5) is 24.7 Å². The minimum absolute atomic E-state index is 0.0839. The van der Waals surface area contributed by atoms with Gasteiger partial charge in [0, 0.05) is 39.5 Å². The van der Waals surface area contributed by atoms with E-state index in [0.717, 1.165) is 6.04 Å². The van der Waals surface area contributed by atoms with Crippen LogP contribution in [0.1, 0.15) is 11.5 Å². The first-order valence-electron chi connectivity index (χ1n) is 7.80. The first kappa shape index (κ1) is 19.3. The topological polar surface area (TPSA) is 37.4 Å². The minimum Gasteiger partial charge on any atom is -0.388 e. The summed E-state index contributed by atoms with van der Waals surface area (Å²) in [5.74, 6) is -1.34.